The first kappa shape index (κ1) is 9.61. The lowest BCUT2D eigenvalue weighted by Gasteiger charge is -2.05. The van der Waals surface area contributed by atoms with E-state index >= 15 is 0 Å². The summed E-state index contributed by atoms with van der Waals surface area (Å²) in [5.41, 5.74) is 12.5. The number of benzene rings is 1. The lowest BCUT2D eigenvalue weighted by Crippen LogP contribution is -2.23. The number of phenolic OH excluding ortho intramolecular Hbond substituents is 1. The summed E-state index contributed by atoms with van der Waals surface area (Å²) < 4.78 is 0. The van der Waals surface area contributed by atoms with Gasteiger partial charge in [0, 0.05) is 17.3 Å². The van der Waals surface area contributed by atoms with Crippen molar-refractivity contribution in [2.24, 2.45) is 11.5 Å². The number of para-hydroxylation sites is 1. The molecule has 1 aromatic carbocycles. The molecule has 0 heterocycles. The summed E-state index contributed by atoms with van der Waals surface area (Å²) in [5, 5.41) is 9.40. The molecule has 0 bridgehead atoms. The van der Waals surface area contributed by atoms with Crippen LogP contribution in [0.2, 0.25) is 0 Å². The van der Waals surface area contributed by atoms with E-state index in [4.69, 9.17) is 11.5 Å². The van der Waals surface area contributed by atoms with Gasteiger partial charge in [0.05, 0.1) is 0 Å². The van der Waals surface area contributed by atoms with Crippen LogP contribution in [-0.4, -0.2) is 11.1 Å². The van der Waals surface area contributed by atoms with Crippen LogP contribution in [0.1, 0.15) is 12.5 Å². The maximum Gasteiger partial charge on any atom is 0.122 e. The molecule has 0 saturated heterocycles. The third-order valence-electron chi connectivity index (χ3n) is 1.78. The summed E-state index contributed by atoms with van der Waals surface area (Å²) in [6, 6.07) is 6.79. The molecule has 5 N–H and O–H groups in total. The lowest BCUT2D eigenvalue weighted by atomic mass is 10.1. The van der Waals surface area contributed by atoms with E-state index in [1.165, 1.54) is 0 Å². The molecule has 0 aliphatic rings. The summed E-state index contributed by atoms with van der Waals surface area (Å²) >= 11 is 0. The van der Waals surface area contributed by atoms with Crippen LogP contribution in [-0.2, 0) is 0 Å². The number of aromatic hydroxyl groups is 1. The third kappa shape index (κ3) is 2.49. The molecule has 70 valence electrons. The van der Waals surface area contributed by atoms with Gasteiger partial charge in [-0.25, -0.2) is 0 Å². The molecule has 0 radical (unpaired) electrons. The van der Waals surface area contributed by atoms with Crippen molar-refractivity contribution in [2.45, 2.75) is 13.0 Å². The van der Waals surface area contributed by atoms with Gasteiger partial charge in [-0.2, -0.15) is 0 Å². The van der Waals surface area contributed by atoms with Gasteiger partial charge in [-0.3, -0.25) is 0 Å². The van der Waals surface area contributed by atoms with Gasteiger partial charge in [0.15, 0.2) is 0 Å². The first-order valence-electron chi connectivity index (χ1n) is 4.12. The van der Waals surface area contributed by atoms with Gasteiger partial charge in [0.25, 0.3) is 0 Å². The summed E-state index contributed by atoms with van der Waals surface area (Å²) in [7, 11) is 0. The Labute approximate surface area is 77.7 Å². The zero-order valence-electron chi connectivity index (χ0n) is 7.57. The SMILES string of the molecule is CC(N)C(N)=Cc1ccccc1O. The van der Waals surface area contributed by atoms with Crippen LogP contribution < -0.4 is 11.5 Å². The number of phenols is 1. The highest BCUT2D eigenvalue weighted by molar-refractivity contribution is 5.59. The Hall–Kier alpha value is -1.48. The van der Waals surface area contributed by atoms with Crippen molar-refractivity contribution < 1.29 is 5.11 Å². The fourth-order valence-electron chi connectivity index (χ4n) is 0.921. The van der Waals surface area contributed by atoms with Gasteiger partial charge in [0.2, 0.25) is 0 Å². The number of rotatable bonds is 2. The Morgan fingerprint density at radius 2 is 2.08 bits per heavy atom. The lowest BCUT2D eigenvalue weighted by molar-refractivity contribution is 0.474. The maximum absolute atomic E-state index is 9.40. The Bertz CT molecular complexity index is 318. The fraction of sp³-hybridized carbons (Fsp3) is 0.200. The van der Waals surface area contributed by atoms with Crippen LogP contribution >= 0.6 is 0 Å². The van der Waals surface area contributed by atoms with E-state index in [0.717, 1.165) is 0 Å². The van der Waals surface area contributed by atoms with Crippen molar-refractivity contribution in [3.05, 3.63) is 35.5 Å². The van der Waals surface area contributed by atoms with E-state index in [9.17, 15) is 5.11 Å². The first-order valence-corrected chi connectivity index (χ1v) is 4.12. The summed E-state index contributed by atoms with van der Waals surface area (Å²) in [4.78, 5) is 0. The first-order chi connectivity index (χ1) is 6.11. The quantitative estimate of drug-likeness (QED) is 0.633. The predicted octanol–water partition coefficient (Wildman–Crippen LogP) is 1.04. The molecule has 0 saturated carbocycles. The van der Waals surface area contributed by atoms with E-state index < -0.39 is 0 Å². The van der Waals surface area contributed by atoms with Gasteiger partial charge < -0.3 is 16.6 Å². The van der Waals surface area contributed by atoms with Crippen molar-refractivity contribution in [1.82, 2.24) is 0 Å². The largest absolute Gasteiger partial charge is 0.507 e. The molecule has 13 heavy (non-hydrogen) atoms. The van der Waals surface area contributed by atoms with Gasteiger partial charge in [-0.1, -0.05) is 18.2 Å². The maximum atomic E-state index is 9.40. The second-order valence-corrected chi connectivity index (χ2v) is 2.99. The van der Waals surface area contributed by atoms with Crippen LogP contribution in [0, 0.1) is 0 Å². The molecular weight excluding hydrogens is 164 g/mol. The number of hydrogen-bond donors (Lipinski definition) is 3. The molecule has 1 aromatic rings. The summed E-state index contributed by atoms with van der Waals surface area (Å²) in [6.07, 6.45) is 1.68. The second kappa shape index (κ2) is 3.96. The second-order valence-electron chi connectivity index (χ2n) is 2.99. The summed E-state index contributed by atoms with van der Waals surface area (Å²) in [6.45, 7) is 1.80. The highest BCUT2D eigenvalue weighted by Gasteiger charge is 2.00. The van der Waals surface area contributed by atoms with Crippen molar-refractivity contribution in [3.8, 4) is 5.75 Å². The van der Waals surface area contributed by atoms with Crippen molar-refractivity contribution >= 4 is 6.08 Å². The number of nitrogens with two attached hydrogens (primary N) is 2. The average Bonchev–Trinajstić information content (AvgIpc) is 2.08. The molecule has 1 unspecified atom stereocenters. The van der Waals surface area contributed by atoms with Gasteiger partial charge >= 0.3 is 0 Å². The van der Waals surface area contributed by atoms with Crippen LogP contribution in [0.3, 0.4) is 0 Å². The van der Waals surface area contributed by atoms with E-state index in [1.807, 2.05) is 6.07 Å². The normalized spacial score (nSPS) is 14.2. The predicted molar refractivity (Wildman–Crippen MR) is 53.9 cm³/mol. The van der Waals surface area contributed by atoms with Crippen LogP contribution in [0.15, 0.2) is 30.0 Å². The zero-order valence-corrected chi connectivity index (χ0v) is 7.57. The monoisotopic (exact) mass is 178 g/mol. The van der Waals surface area contributed by atoms with Crippen LogP contribution in [0.25, 0.3) is 6.08 Å². The van der Waals surface area contributed by atoms with Crippen LogP contribution in [0.4, 0.5) is 0 Å². The van der Waals surface area contributed by atoms with Gasteiger partial charge in [-0.05, 0) is 19.1 Å². The van der Waals surface area contributed by atoms with Gasteiger partial charge in [0.1, 0.15) is 5.75 Å². The minimum absolute atomic E-state index is 0.195. The Morgan fingerprint density at radius 1 is 1.46 bits per heavy atom. The molecular formula is C10H14N2O. The number of hydrogen-bond acceptors (Lipinski definition) is 3. The molecule has 0 aromatic heterocycles. The minimum Gasteiger partial charge on any atom is -0.507 e. The highest BCUT2D eigenvalue weighted by Crippen LogP contribution is 2.18. The molecule has 3 nitrogen and oxygen atoms in total. The molecule has 0 spiro atoms. The highest BCUT2D eigenvalue weighted by atomic mass is 16.3. The molecule has 3 heteroatoms. The molecule has 0 aliphatic carbocycles. The summed E-state index contributed by atoms with van der Waals surface area (Å²) in [5.74, 6) is 0.214. The Kier molecular flexibility index (Phi) is 2.93. The van der Waals surface area contributed by atoms with Crippen molar-refractivity contribution in [2.75, 3.05) is 0 Å². The molecule has 1 atom stereocenters. The van der Waals surface area contributed by atoms with E-state index in [0.29, 0.717) is 11.3 Å². The minimum atomic E-state index is -0.195. The Balaban J connectivity index is 2.97. The van der Waals surface area contributed by atoms with Crippen molar-refractivity contribution in [3.63, 3.8) is 0 Å². The van der Waals surface area contributed by atoms with E-state index in [-0.39, 0.29) is 11.8 Å². The molecule has 1 rings (SSSR count). The molecule has 0 aliphatic heterocycles. The standard InChI is InChI=1S/C10H14N2O/c1-7(11)9(12)6-8-4-2-3-5-10(8)13/h2-7,13H,11-12H2,1H3. The third-order valence-corrected chi connectivity index (χ3v) is 1.78. The average molecular weight is 178 g/mol. The molecule has 0 fully saturated rings. The zero-order chi connectivity index (χ0) is 9.84. The van der Waals surface area contributed by atoms with E-state index in [1.54, 1.807) is 31.2 Å². The molecule has 0 amide bonds. The topological polar surface area (TPSA) is 72.3 Å². The smallest absolute Gasteiger partial charge is 0.122 e. The Morgan fingerprint density at radius 3 is 2.62 bits per heavy atom. The fourth-order valence-corrected chi connectivity index (χ4v) is 0.921. The van der Waals surface area contributed by atoms with Gasteiger partial charge in [-0.15, -0.1) is 0 Å². The van der Waals surface area contributed by atoms with Crippen molar-refractivity contribution in [1.29, 1.82) is 0 Å². The van der Waals surface area contributed by atoms with Crippen LogP contribution in [0.5, 0.6) is 5.75 Å². The van der Waals surface area contributed by atoms with E-state index in [2.05, 4.69) is 0 Å².